The van der Waals surface area contributed by atoms with Gasteiger partial charge in [-0.2, -0.15) is 0 Å². The van der Waals surface area contributed by atoms with Crippen LogP contribution >= 0.6 is 11.3 Å². The Morgan fingerprint density at radius 3 is 2.53 bits per heavy atom. The van der Waals surface area contributed by atoms with Gasteiger partial charge in [0.1, 0.15) is 10.8 Å². The third kappa shape index (κ3) is 2.96. The van der Waals surface area contributed by atoms with Crippen molar-refractivity contribution in [1.29, 1.82) is 0 Å². The van der Waals surface area contributed by atoms with E-state index in [1.165, 1.54) is 4.88 Å². The molecule has 19 heavy (non-hydrogen) atoms. The van der Waals surface area contributed by atoms with E-state index in [-0.39, 0.29) is 6.04 Å². The highest BCUT2D eigenvalue weighted by atomic mass is 32.1. The molecule has 0 saturated heterocycles. The fourth-order valence-corrected chi connectivity index (χ4v) is 3.13. The zero-order valence-electron chi connectivity index (χ0n) is 11.8. The Labute approximate surface area is 118 Å². The second-order valence-electron chi connectivity index (χ2n) is 4.94. The van der Waals surface area contributed by atoms with E-state index in [1.54, 1.807) is 18.4 Å². The largest absolute Gasteiger partial charge is 0.497 e. The summed E-state index contributed by atoms with van der Waals surface area (Å²) in [4.78, 5) is 5.93. The molecule has 0 aliphatic carbocycles. The highest BCUT2D eigenvalue weighted by Gasteiger charge is 2.17. The zero-order valence-corrected chi connectivity index (χ0v) is 12.6. The number of nitrogens with two attached hydrogens (primary N) is 1. The average molecular weight is 276 g/mol. The lowest BCUT2D eigenvalue weighted by molar-refractivity contribution is 0.415. The van der Waals surface area contributed by atoms with Crippen LogP contribution in [0, 0.1) is 0 Å². The smallest absolute Gasteiger partial charge is 0.124 e. The summed E-state index contributed by atoms with van der Waals surface area (Å²) in [5, 5.41) is 1.01. The molecular formula is C15H20N2OS. The maximum atomic E-state index is 6.05. The fourth-order valence-electron chi connectivity index (χ4n) is 1.96. The molecule has 0 amide bonds. The quantitative estimate of drug-likeness (QED) is 0.919. The first kappa shape index (κ1) is 14.0. The molecule has 1 aromatic carbocycles. The molecule has 0 radical (unpaired) electrons. The van der Waals surface area contributed by atoms with Crippen molar-refractivity contribution in [3.8, 4) is 16.3 Å². The Morgan fingerprint density at radius 1 is 1.26 bits per heavy atom. The summed E-state index contributed by atoms with van der Waals surface area (Å²) in [7, 11) is 1.67. The van der Waals surface area contributed by atoms with E-state index in [1.807, 2.05) is 25.1 Å². The first-order valence-electron chi connectivity index (χ1n) is 6.43. The number of rotatable bonds is 4. The molecule has 3 nitrogen and oxygen atoms in total. The van der Waals surface area contributed by atoms with Crippen LogP contribution in [0.1, 0.15) is 43.3 Å². The van der Waals surface area contributed by atoms with Gasteiger partial charge in [-0.05, 0) is 25.0 Å². The number of thiazole rings is 1. The Kier molecular flexibility index (Phi) is 4.22. The summed E-state index contributed by atoms with van der Waals surface area (Å²) in [5.74, 6) is 1.23. The van der Waals surface area contributed by atoms with E-state index >= 15 is 0 Å². The summed E-state index contributed by atoms with van der Waals surface area (Å²) in [6.07, 6.45) is 0. The van der Waals surface area contributed by atoms with Crippen LogP contribution in [0.4, 0.5) is 0 Å². The number of methoxy groups -OCH3 is 1. The Morgan fingerprint density at radius 2 is 2.00 bits per heavy atom. The van der Waals surface area contributed by atoms with Crippen molar-refractivity contribution in [2.45, 2.75) is 32.7 Å². The van der Waals surface area contributed by atoms with Crippen molar-refractivity contribution in [2.24, 2.45) is 5.73 Å². The summed E-state index contributed by atoms with van der Waals surface area (Å²) < 4.78 is 5.26. The standard InChI is InChI=1S/C15H20N2OS/c1-9(2)13-14(10(3)16)19-15(17-13)11-6-5-7-12(8-11)18-4/h5-10H,16H2,1-4H3. The van der Waals surface area contributed by atoms with E-state index in [0.717, 1.165) is 22.0 Å². The Balaban J connectivity index is 2.47. The van der Waals surface area contributed by atoms with Gasteiger partial charge in [-0.1, -0.05) is 26.0 Å². The normalized spacial score (nSPS) is 12.7. The molecule has 0 aliphatic heterocycles. The van der Waals surface area contributed by atoms with E-state index in [9.17, 15) is 0 Å². The lowest BCUT2D eigenvalue weighted by Gasteiger charge is -2.07. The third-order valence-electron chi connectivity index (χ3n) is 2.96. The minimum absolute atomic E-state index is 0.0225. The summed E-state index contributed by atoms with van der Waals surface area (Å²) in [6, 6.07) is 8.00. The minimum Gasteiger partial charge on any atom is -0.497 e. The number of hydrogen-bond donors (Lipinski definition) is 1. The molecule has 0 saturated carbocycles. The number of ether oxygens (including phenoxy) is 1. The molecule has 2 N–H and O–H groups in total. The molecule has 2 rings (SSSR count). The van der Waals surface area contributed by atoms with Crippen LogP contribution in [0.25, 0.3) is 10.6 Å². The zero-order chi connectivity index (χ0) is 14.0. The van der Waals surface area contributed by atoms with Gasteiger partial charge in [0.25, 0.3) is 0 Å². The van der Waals surface area contributed by atoms with E-state index < -0.39 is 0 Å². The molecule has 1 unspecified atom stereocenters. The van der Waals surface area contributed by atoms with Gasteiger partial charge >= 0.3 is 0 Å². The summed E-state index contributed by atoms with van der Waals surface area (Å²) in [6.45, 7) is 6.31. The van der Waals surface area contributed by atoms with Crippen LogP contribution < -0.4 is 10.5 Å². The fraction of sp³-hybridized carbons (Fsp3) is 0.400. The predicted octanol–water partition coefficient (Wildman–Crippen LogP) is 3.96. The minimum atomic E-state index is 0.0225. The molecule has 0 fully saturated rings. The van der Waals surface area contributed by atoms with Gasteiger partial charge < -0.3 is 10.5 Å². The van der Waals surface area contributed by atoms with Crippen molar-refractivity contribution in [3.63, 3.8) is 0 Å². The van der Waals surface area contributed by atoms with Gasteiger partial charge in [-0.15, -0.1) is 11.3 Å². The van der Waals surface area contributed by atoms with Crippen LogP contribution in [0.5, 0.6) is 5.75 Å². The van der Waals surface area contributed by atoms with Crippen molar-refractivity contribution in [2.75, 3.05) is 7.11 Å². The molecule has 1 heterocycles. The van der Waals surface area contributed by atoms with E-state index in [4.69, 9.17) is 15.5 Å². The SMILES string of the molecule is COc1cccc(-c2nc(C(C)C)c(C(C)N)s2)c1. The van der Waals surface area contributed by atoms with Crippen molar-refractivity contribution in [3.05, 3.63) is 34.8 Å². The number of aromatic nitrogens is 1. The van der Waals surface area contributed by atoms with Crippen LogP contribution in [0.2, 0.25) is 0 Å². The number of hydrogen-bond acceptors (Lipinski definition) is 4. The Bertz CT molecular complexity index is 536. The number of benzene rings is 1. The van der Waals surface area contributed by atoms with Crippen LogP contribution in [0.15, 0.2) is 24.3 Å². The lowest BCUT2D eigenvalue weighted by Crippen LogP contribution is -2.06. The highest BCUT2D eigenvalue weighted by Crippen LogP contribution is 2.35. The molecule has 4 heteroatoms. The van der Waals surface area contributed by atoms with Crippen molar-refractivity contribution >= 4 is 11.3 Å². The summed E-state index contributed by atoms with van der Waals surface area (Å²) >= 11 is 1.68. The predicted molar refractivity (Wildman–Crippen MR) is 80.8 cm³/mol. The van der Waals surface area contributed by atoms with Crippen LogP contribution in [-0.2, 0) is 0 Å². The molecule has 0 bridgehead atoms. The van der Waals surface area contributed by atoms with E-state index in [2.05, 4.69) is 19.9 Å². The molecule has 102 valence electrons. The second kappa shape index (κ2) is 5.72. The monoisotopic (exact) mass is 276 g/mol. The van der Waals surface area contributed by atoms with Crippen LogP contribution in [0.3, 0.4) is 0 Å². The lowest BCUT2D eigenvalue weighted by atomic mass is 10.1. The Hall–Kier alpha value is -1.39. The van der Waals surface area contributed by atoms with Gasteiger partial charge in [0.2, 0.25) is 0 Å². The molecular weight excluding hydrogens is 256 g/mol. The second-order valence-corrected chi connectivity index (χ2v) is 5.97. The van der Waals surface area contributed by atoms with Crippen molar-refractivity contribution < 1.29 is 4.74 Å². The van der Waals surface area contributed by atoms with Gasteiger partial charge in [-0.3, -0.25) is 0 Å². The third-order valence-corrected chi connectivity index (χ3v) is 4.28. The molecule has 1 aromatic heterocycles. The summed E-state index contributed by atoms with van der Waals surface area (Å²) in [5.41, 5.74) is 8.24. The highest BCUT2D eigenvalue weighted by molar-refractivity contribution is 7.15. The number of nitrogens with zero attached hydrogens (tertiary/aromatic N) is 1. The van der Waals surface area contributed by atoms with Gasteiger partial charge in [-0.25, -0.2) is 4.98 Å². The average Bonchev–Trinajstić information content (AvgIpc) is 2.84. The van der Waals surface area contributed by atoms with Gasteiger partial charge in [0.05, 0.1) is 12.8 Å². The molecule has 0 aliphatic rings. The molecule has 0 spiro atoms. The first-order valence-corrected chi connectivity index (χ1v) is 7.25. The topological polar surface area (TPSA) is 48.1 Å². The molecule has 2 aromatic rings. The first-order chi connectivity index (χ1) is 9.02. The van der Waals surface area contributed by atoms with Gasteiger partial charge in [0, 0.05) is 16.5 Å². The molecule has 1 atom stereocenters. The van der Waals surface area contributed by atoms with E-state index in [0.29, 0.717) is 5.92 Å². The maximum Gasteiger partial charge on any atom is 0.124 e. The van der Waals surface area contributed by atoms with Crippen molar-refractivity contribution in [1.82, 2.24) is 4.98 Å². The van der Waals surface area contributed by atoms with Crippen LogP contribution in [-0.4, -0.2) is 12.1 Å². The maximum absolute atomic E-state index is 6.05. The van der Waals surface area contributed by atoms with Gasteiger partial charge in [0.15, 0.2) is 0 Å².